The molecule has 0 aromatic rings. The summed E-state index contributed by atoms with van der Waals surface area (Å²) in [5.74, 6) is 0. The van der Waals surface area contributed by atoms with Gasteiger partial charge in [0.15, 0.2) is 0 Å². The van der Waals surface area contributed by atoms with Gasteiger partial charge in [0.1, 0.15) is 0 Å². The molecule has 0 amide bonds. The summed E-state index contributed by atoms with van der Waals surface area (Å²) in [7, 11) is 0. The van der Waals surface area contributed by atoms with Crippen molar-refractivity contribution in [3.63, 3.8) is 0 Å². The fraction of sp³-hybridized carbons (Fsp3) is 0.714. The van der Waals surface area contributed by atoms with Crippen molar-refractivity contribution in [2.45, 2.75) is 26.2 Å². The van der Waals surface area contributed by atoms with Crippen molar-refractivity contribution in [2.24, 2.45) is 5.41 Å². The van der Waals surface area contributed by atoms with Gasteiger partial charge in [-0.05, 0) is 24.7 Å². The third kappa shape index (κ3) is 0.324. The molecule has 1 atom stereocenters. The van der Waals surface area contributed by atoms with E-state index < -0.39 is 0 Å². The predicted molar refractivity (Wildman–Crippen MR) is 30.0 cm³/mol. The van der Waals surface area contributed by atoms with Crippen molar-refractivity contribution in [3.8, 4) is 0 Å². The highest BCUT2D eigenvalue weighted by Crippen LogP contribution is 2.52. The maximum Gasteiger partial charge on any atom is -0.0104 e. The van der Waals surface area contributed by atoms with Crippen molar-refractivity contribution >= 4 is 0 Å². The summed E-state index contributed by atoms with van der Waals surface area (Å²) in [5.41, 5.74) is 2.39. The molecule has 1 fully saturated rings. The van der Waals surface area contributed by atoms with Crippen LogP contribution < -0.4 is 0 Å². The van der Waals surface area contributed by atoms with Gasteiger partial charge >= 0.3 is 0 Å². The van der Waals surface area contributed by atoms with E-state index in [-0.39, 0.29) is 0 Å². The number of allylic oxidation sites excluding steroid dienone is 2. The average Bonchev–Trinajstić information content (AvgIpc) is 1.88. The van der Waals surface area contributed by atoms with Crippen molar-refractivity contribution in [2.75, 3.05) is 0 Å². The third-order valence-corrected chi connectivity index (χ3v) is 2.20. The van der Waals surface area contributed by atoms with E-state index in [4.69, 9.17) is 0 Å². The lowest BCUT2D eigenvalue weighted by Crippen LogP contribution is -2.12. The number of hydrogen-bond donors (Lipinski definition) is 0. The molecule has 3 rings (SSSR count). The molecule has 0 nitrogen and oxygen atoms in total. The van der Waals surface area contributed by atoms with E-state index >= 15 is 0 Å². The summed E-state index contributed by atoms with van der Waals surface area (Å²) in [4.78, 5) is 0. The molecule has 0 aromatic heterocycles. The minimum Gasteiger partial charge on any atom is -0.0790 e. The quantitative estimate of drug-likeness (QED) is 0.403. The Hall–Kier alpha value is -0.260. The summed E-state index contributed by atoms with van der Waals surface area (Å²) in [6.45, 7) is 2.35. The van der Waals surface area contributed by atoms with Gasteiger partial charge in [0.2, 0.25) is 0 Å². The summed E-state index contributed by atoms with van der Waals surface area (Å²) in [5, 5.41) is 0. The maximum absolute atomic E-state index is 2.44. The second-order valence-corrected chi connectivity index (χ2v) is 3.13. The van der Waals surface area contributed by atoms with E-state index in [1.54, 1.807) is 5.57 Å². The van der Waals surface area contributed by atoms with Crippen molar-refractivity contribution < 1.29 is 0 Å². The van der Waals surface area contributed by atoms with Gasteiger partial charge in [0.05, 0.1) is 0 Å². The minimum atomic E-state index is 0.676. The highest BCUT2D eigenvalue weighted by molar-refractivity contribution is 5.29. The zero-order chi connectivity index (χ0) is 4.91. The van der Waals surface area contributed by atoms with Crippen LogP contribution in [0.2, 0.25) is 0 Å². The Labute approximate surface area is 44.2 Å². The molecule has 0 saturated heterocycles. The first-order valence-corrected chi connectivity index (χ1v) is 2.99. The van der Waals surface area contributed by atoms with Gasteiger partial charge in [0.25, 0.3) is 0 Å². The molecule has 38 valence electrons. The molecular weight excluding hydrogens is 84.1 g/mol. The fourth-order valence-electron chi connectivity index (χ4n) is 1.75. The Morgan fingerprint density at radius 1 is 1.71 bits per heavy atom. The average molecular weight is 94.2 g/mol. The van der Waals surface area contributed by atoms with Gasteiger partial charge in [-0.1, -0.05) is 18.6 Å². The Balaban J connectivity index is 2.39. The summed E-state index contributed by atoms with van der Waals surface area (Å²) < 4.78 is 0. The molecule has 0 radical (unpaired) electrons. The lowest BCUT2D eigenvalue weighted by atomic mass is 9.81. The van der Waals surface area contributed by atoms with Crippen LogP contribution in [0.4, 0.5) is 0 Å². The molecule has 3 aliphatic rings. The third-order valence-electron chi connectivity index (χ3n) is 2.20. The molecule has 2 bridgehead atoms. The molecule has 1 unspecified atom stereocenters. The molecule has 3 aliphatic carbocycles. The molecule has 0 spiro atoms. The summed E-state index contributed by atoms with van der Waals surface area (Å²) in [6.07, 6.45) is 6.68. The minimum absolute atomic E-state index is 0.676. The molecular formula is C7H10. The van der Waals surface area contributed by atoms with Crippen LogP contribution in [-0.4, -0.2) is 0 Å². The van der Waals surface area contributed by atoms with Crippen molar-refractivity contribution in [3.05, 3.63) is 11.6 Å². The van der Waals surface area contributed by atoms with Crippen LogP contribution in [0, 0.1) is 5.41 Å². The maximum atomic E-state index is 2.44. The highest BCUT2D eigenvalue weighted by atomic mass is 14.4. The Morgan fingerprint density at radius 3 is 2.57 bits per heavy atom. The van der Waals surface area contributed by atoms with E-state index in [2.05, 4.69) is 13.0 Å². The molecule has 0 N–H and O–H groups in total. The number of hydrogen-bond acceptors (Lipinski definition) is 0. The van der Waals surface area contributed by atoms with Gasteiger partial charge in [0, 0.05) is 0 Å². The zero-order valence-electron chi connectivity index (χ0n) is 4.70. The van der Waals surface area contributed by atoms with Crippen LogP contribution in [0.5, 0.6) is 0 Å². The van der Waals surface area contributed by atoms with E-state index in [9.17, 15) is 0 Å². The Morgan fingerprint density at radius 2 is 2.43 bits per heavy atom. The second-order valence-electron chi connectivity index (χ2n) is 3.13. The monoisotopic (exact) mass is 94.1 g/mol. The molecule has 1 saturated carbocycles. The first kappa shape index (κ1) is 3.71. The second kappa shape index (κ2) is 0.795. The normalized spacial score (nSPS) is 45.6. The van der Waals surface area contributed by atoms with E-state index in [1.165, 1.54) is 19.3 Å². The topological polar surface area (TPSA) is 0 Å². The zero-order valence-corrected chi connectivity index (χ0v) is 4.70. The summed E-state index contributed by atoms with van der Waals surface area (Å²) in [6, 6.07) is 0. The fourth-order valence-corrected chi connectivity index (χ4v) is 1.75. The van der Waals surface area contributed by atoms with Crippen LogP contribution in [0.1, 0.15) is 26.2 Å². The van der Waals surface area contributed by atoms with E-state index in [0.717, 1.165) is 0 Å². The van der Waals surface area contributed by atoms with Gasteiger partial charge < -0.3 is 0 Å². The first-order valence-electron chi connectivity index (χ1n) is 2.99. The highest BCUT2D eigenvalue weighted by Gasteiger charge is 2.37. The lowest BCUT2D eigenvalue weighted by Gasteiger charge is -2.24. The van der Waals surface area contributed by atoms with Gasteiger partial charge in [-0.15, -0.1) is 0 Å². The molecule has 7 heavy (non-hydrogen) atoms. The van der Waals surface area contributed by atoms with Gasteiger partial charge in [-0.2, -0.15) is 0 Å². The van der Waals surface area contributed by atoms with Crippen LogP contribution in [0.25, 0.3) is 0 Å². The lowest BCUT2D eigenvalue weighted by molar-refractivity contribution is 0.428. The van der Waals surface area contributed by atoms with Crippen LogP contribution in [0.3, 0.4) is 0 Å². The SMILES string of the molecule is CC12C=C(CC1)C2. The summed E-state index contributed by atoms with van der Waals surface area (Å²) >= 11 is 0. The van der Waals surface area contributed by atoms with Crippen molar-refractivity contribution in [1.29, 1.82) is 0 Å². The molecule has 0 aliphatic heterocycles. The first-order chi connectivity index (χ1) is 3.29. The van der Waals surface area contributed by atoms with Crippen LogP contribution in [-0.2, 0) is 0 Å². The number of rotatable bonds is 0. The smallest absolute Gasteiger partial charge is 0.0104 e. The molecule has 0 heterocycles. The largest absolute Gasteiger partial charge is 0.0790 e. The van der Waals surface area contributed by atoms with E-state index in [1.807, 2.05) is 0 Å². The van der Waals surface area contributed by atoms with E-state index in [0.29, 0.717) is 5.41 Å². The molecule has 0 heteroatoms. The number of fused-ring (bicyclic) bond motifs is 1. The molecule has 0 aromatic carbocycles. The van der Waals surface area contributed by atoms with Crippen LogP contribution >= 0.6 is 0 Å². The van der Waals surface area contributed by atoms with Gasteiger partial charge in [-0.25, -0.2) is 0 Å². The Bertz CT molecular complexity index is 133. The van der Waals surface area contributed by atoms with Gasteiger partial charge in [-0.3, -0.25) is 0 Å². The Kier molecular flexibility index (Phi) is 0.421. The van der Waals surface area contributed by atoms with Crippen LogP contribution in [0.15, 0.2) is 11.6 Å². The van der Waals surface area contributed by atoms with Crippen molar-refractivity contribution in [1.82, 2.24) is 0 Å². The predicted octanol–water partition coefficient (Wildman–Crippen LogP) is 2.12. The standard InChI is InChI=1S/C7H10/c1-7-3-2-6(4-7)5-7/h4H,2-3,5H2,1H3.